The van der Waals surface area contributed by atoms with Crippen molar-refractivity contribution in [2.24, 2.45) is 5.92 Å². The molecule has 0 aromatic heterocycles. The molecule has 0 spiro atoms. The van der Waals surface area contributed by atoms with Crippen molar-refractivity contribution < 1.29 is 14.7 Å². The van der Waals surface area contributed by atoms with E-state index in [-0.39, 0.29) is 17.6 Å². The quantitative estimate of drug-likeness (QED) is 0.794. The van der Waals surface area contributed by atoms with Gasteiger partial charge in [-0.25, -0.2) is 9.59 Å². The molecule has 1 aliphatic carbocycles. The first-order valence-electron chi connectivity index (χ1n) is 8.95. The number of rotatable bonds is 7. The molecule has 2 N–H and O–H groups in total. The molecule has 1 atom stereocenters. The fourth-order valence-electron chi connectivity index (χ4n) is 3.06. The lowest BCUT2D eigenvalue weighted by Gasteiger charge is -2.30. The summed E-state index contributed by atoms with van der Waals surface area (Å²) in [6, 6.07) is 16.7. The summed E-state index contributed by atoms with van der Waals surface area (Å²) in [6.07, 6.45) is 2.35. The predicted molar refractivity (Wildman–Crippen MR) is 99.8 cm³/mol. The fraction of sp³-hybridized carbons (Fsp3) is 0.333. The number of carboxylic acids is 1. The number of nitrogens with zero attached hydrogens (tertiary/aromatic N) is 1. The van der Waals surface area contributed by atoms with E-state index in [9.17, 15) is 9.59 Å². The Bertz CT molecular complexity index is 755. The molecule has 1 unspecified atom stereocenters. The van der Waals surface area contributed by atoms with Crippen molar-refractivity contribution in [2.75, 3.05) is 0 Å². The summed E-state index contributed by atoms with van der Waals surface area (Å²) in [7, 11) is 0. The number of nitrogens with one attached hydrogen (secondary N) is 1. The number of carbonyl (C=O) groups is 2. The van der Waals surface area contributed by atoms with Crippen LogP contribution in [0.15, 0.2) is 54.6 Å². The molecule has 0 aliphatic heterocycles. The van der Waals surface area contributed by atoms with Crippen LogP contribution >= 0.6 is 0 Å². The number of benzene rings is 2. The summed E-state index contributed by atoms with van der Waals surface area (Å²) in [5, 5.41) is 11.9. The summed E-state index contributed by atoms with van der Waals surface area (Å²) in [6.45, 7) is 3.07. The Balaban J connectivity index is 1.64. The van der Waals surface area contributed by atoms with E-state index in [1.165, 1.54) is 12.8 Å². The third-order valence-corrected chi connectivity index (χ3v) is 4.90. The highest BCUT2D eigenvalue weighted by Gasteiger charge is 2.34. The zero-order chi connectivity index (χ0) is 18.5. The minimum absolute atomic E-state index is 0.0874. The molecule has 1 fully saturated rings. The number of hydrogen-bond acceptors (Lipinski definition) is 2. The molecule has 2 amide bonds. The molecule has 1 saturated carbocycles. The van der Waals surface area contributed by atoms with Crippen molar-refractivity contribution >= 4 is 12.0 Å². The third kappa shape index (κ3) is 4.63. The molecule has 5 heteroatoms. The Labute approximate surface area is 153 Å². The van der Waals surface area contributed by atoms with Crippen LogP contribution in [0.2, 0.25) is 0 Å². The molecule has 136 valence electrons. The second-order valence-electron chi connectivity index (χ2n) is 6.85. The average Bonchev–Trinajstić information content (AvgIpc) is 3.50. The van der Waals surface area contributed by atoms with Crippen LogP contribution in [0.25, 0.3) is 0 Å². The van der Waals surface area contributed by atoms with Gasteiger partial charge in [0.15, 0.2) is 0 Å². The number of amides is 2. The zero-order valence-corrected chi connectivity index (χ0v) is 14.9. The smallest absolute Gasteiger partial charge is 0.335 e. The van der Waals surface area contributed by atoms with Crippen LogP contribution in [0.4, 0.5) is 4.79 Å². The summed E-state index contributed by atoms with van der Waals surface area (Å²) in [5.74, 6) is -0.368. The van der Waals surface area contributed by atoms with Gasteiger partial charge in [-0.3, -0.25) is 0 Å². The van der Waals surface area contributed by atoms with E-state index < -0.39 is 5.97 Å². The molecule has 0 saturated heterocycles. The first-order valence-corrected chi connectivity index (χ1v) is 8.95. The van der Waals surface area contributed by atoms with Gasteiger partial charge in [-0.2, -0.15) is 0 Å². The second-order valence-corrected chi connectivity index (χ2v) is 6.85. The van der Waals surface area contributed by atoms with E-state index in [0.717, 1.165) is 11.1 Å². The van der Waals surface area contributed by atoms with Gasteiger partial charge in [0.05, 0.1) is 5.56 Å². The van der Waals surface area contributed by atoms with Gasteiger partial charge in [0, 0.05) is 19.1 Å². The van der Waals surface area contributed by atoms with E-state index >= 15 is 0 Å². The highest BCUT2D eigenvalue weighted by Crippen LogP contribution is 2.35. The van der Waals surface area contributed by atoms with Crippen LogP contribution < -0.4 is 5.32 Å². The Kier molecular flexibility index (Phi) is 5.56. The minimum Gasteiger partial charge on any atom is -0.478 e. The first kappa shape index (κ1) is 18.0. The largest absolute Gasteiger partial charge is 0.478 e. The summed E-state index contributed by atoms with van der Waals surface area (Å²) >= 11 is 0. The third-order valence-electron chi connectivity index (χ3n) is 4.90. The molecule has 2 aromatic carbocycles. The van der Waals surface area contributed by atoms with Crippen molar-refractivity contribution in [3.63, 3.8) is 0 Å². The molecular weight excluding hydrogens is 328 g/mol. The Morgan fingerprint density at radius 3 is 2.31 bits per heavy atom. The summed E-state index contributed by atoms with van der Waals surface area (Å²) in [4.78, 5) is 25.6. The average molecular weight is 352 g/mol. The van der Waals surface area contributed by atoms with Gasteiger partial charge in [-0.15, -0.1) is 0 Å². The normalized spacial score (nSPS) is 14.5. The predicted octanol–water partition coefficient (Wildman–Crippen LogP) is 3.90. The van der Waals surface area contributed by atoms with Crippen LogP contribution in [0.3, 0.4) is 0 Å². The molecule has 5 nitrogen and oxygen atoms in total. The summed E-state index contributed by atoms with van der Waals surface area (Å²) < 4.78 is 0. The monoisotopic (exact) mass is 352 g/mol. The Hall–Kier alpha value is -2.82. The molecule has 0 radical (unpaired) electrons. The lowest BCUT2D eigenvalue weighted by molar-refractivity contribution is 0.0697. The van der Waals surface area contributed by atoms with Gasteiger partial charge in [-0.1, -0.05) is 42.5 Å². The number of carboxylic acid groups (broad SMARTS) is 1. The van der Waals surface area contributed by atoms with Crippen LogP contribution in [-0.4, -0.2) is 28.0 Å². The molecule has 0 heterocycles. The number of urea groups is 1. The van der Waals surface area contributed by atoms with Crippen molar-refractivity contribution in [2.45, 2.75) is 38.9 Å². The lowest BCUT2D eigenvalue weighted by Crippen LogP contribution is -2.45. The Morgan fingerprint density at radius 2 is 1.73 bits per heavy atom. The maximum Gasteiger partial charge on any atom is 0.335 e. The van der Waals surface area contributed by atoms with Crippen LogP contribution in [0, 0.1) is 5.92 Å². The lowest BCUT2D eigenvalue weighted by atomic mass is 10.1. The number of aromatic carboxylic acids is 1. The SMILES string of the molecule is CC(C1CC1)N(Cc1ccccc1)C(=O)NCc1ccc(C(=O)O)cc1. The molecule has 2 aromatic rings. The molecule has 0 bridgehead atoms. The second kappa shape index (κ2) is 8.04. The van der Waals surface area contributed by atoms with Gasteiger partial charge < -0.3 is 15.3 Å². The van der Waals surface area contributed by atoms with E-state index in [1.807, 2.05) is 35.2 Å². The maximum absolute atomic E-state index is 12.8. The molecule has 26 heavy (non-hydrogen) atoms. The minimum atomic E-state index is -0.951. The van der Waals surface area contributed by atoms with Crippen LogP contribution in [0.1, 0.15) is 41.3 Å². The highest BCUT2D eigenvalue weighted by atomic mass is 16.4. The van der Waals surface area contributed by atoms with Gasteiger partial charge in [0.2, 0.25) is 0 Å². The fourth-order valence-corrected chi connectivity index (χ4v) is 3.06. The van der Waals surface area contributed by atoms with Gasteiger partial charge in [-0.05, 0) is 48.9 Å². The molecule has 1 aliphatic rings. The molecular formula is C21H24N2O3. The number of carbonyl (C=O) groups excluding carboxylic acids is 1. The van der Waals surface area contributed by atoms with Crippen LogP contribution in [-0.2, 0) is 13.1 Å². The van der Waals surface area contributed by atoms with Gasteiger partial charge in [0.1, 0.15) is 0 Å². The van der Waals surface area contributed by atoms with Crippen molar-refractivity contribution in [3.8, 4) is 0 Å². The maximum atomic E-state index is 12.8. The van der Waals surface area contributed by atoms with Crippen molar-refractivity contribution in [1.29, 1.82) is 0 Å². The first-order chi connectivity index (χ1) is 12.5. The van der Waals surface area contributed by atoms with E-state index in [0.29, 0.717) is 19.0 Å². The number of hydrogen-bond donors (Lipinski definition) is 2. The van der Waals surface area contributed by atoms with Gasteiger partial charge in [0.25, 0.3) is 0 Å². The molecule has 3 rings (SSSR count). The zero-order valence-electron chi connectivity index (χ0n) is 14.9. The Morgan fingerprint density at radius 1 is 1.08 bits per heavy atom. The van der Waals surface area contributed by atoms with E-state index in [1.54, 1.807) is 24.3 Å². The van der Waals surface area contributed by atoms with Crippen molar-refractivity contribution in [3.05, 3.63) is 71.3 Å². The highest BCUT2D eigenvalue weighted by molar-refractivity contribution is 5.87. The van der Waals surface area contributed by atoms with E-state index in [2.05, 4.69) is 12.2 Å². The van der Waals surface area contributed by atoms with Crippen LogP contribution in [0.5, 0.6) is 0 Å². The van der Waals surface area contributed by atoms with E-state index in [4.69, 9.17) is 5.11 Å². The topological polar surface area (TPSA) is 69.6 Å². The standard InChI is InChI=1S/C21H24N2O3/c1-15(18-11-12-18)23(14-17-5-3-2-4-6-17)21(26)22-13-16-7-9-19(10-8-16)20(24)25/h2-10,15,18H,11-14H2,1H3,(H,22,26)(H,24,25). The summed E-state index contributed by atoms with van der Waals surface area (Å²) in [5.41, 5.74) is 2.23. The van der Waals surface area contributed by atoms with Crippen molar-refractivity contribution in [1.82, 2.24) is 10.2 Å². The van der Waals surface area contributed by atoms with Gasteiger partial charge >= 0.3 is 12.0 Å².